The Labute approximate surface area is 221 Å². The zero-order valence-electron chi connectivity index (χ0n) is 14.5. The van der Waals surface area contributed by atoms with Gasteiger partial charge in [0.25, 0.3) is 0 Å². The van der Waals surface area contributed by atoms with Crippen molar-refractivity contribution in [3.63, 3.8) is 0 Å². The van der Waals surface area contributed by atoms with Crippen molar-refractivity contribution in [3.8, 4) is 0 Å². The fourth-order valence-electron chi connectivity index (χ4n) is 1.90. The van der Waals surface area contributed by atoms with E-state index in [9.17, 15) is 39.6 Å². The van der Waals surface area contributed by atoms with Crippen LogP contribution in [0.15, 0.2) is 24.3 Å². The summed E-state index contributed by atoms with van der Waals surface area (Å²) < 4.78 is 0. The number of halogens is 4. The maximum absolute atomic E-state index is 10.6. The minimum absolute atomic E-state index is 0. The molecule has 0 spiro atoms. The van der Waals surface area contributed by atoms with Gasteiger partial charge in [-0.3, -0.25) is 0 Å². The van der Waals surface area contributed by atoms with Crippen LogP contribution in [0.25, 0.3) is 0 Å². The van der Waals surface area contributed by atoms with Crippen LogP contribution in [0.5, 0.6) is 0 Å². The minimum Gasteiger partial charge on any atom is -0.545 e. The summed E-state index contributed by atoms with van der Waals surface area (Å²) in [6.45, 7) is 0. The van der Waals surface area contributed by atoms with Crippen LogP contribution in [-0.2, 0) is 0 Å². The fraction of sp³-hybridized carbons (Fsp3) is 0. The maximum Gasteiger partial charge on any atom is 2.00 e. The van der Waals surface area contributed by atoms with E-state index in [4.69, 9.17) is 46.4 Å². The van der Waals surface area contributed by atoms with Gasteiger partial charge in [0.05, 0.1) is 44.0 Å². The van der Waals surface area contributed by atoms with E-state index in [1.54, 1.807) is 0 Å². The van der Waals surface area contributed by atoms with Gasteiger partial charge < -0.3 is 39.6 Å². The van der Waals surface area contributed by atoms with Crippen LogP contribution >= 0.6 is 46.4 Å². The van der Waals surface area contributed by atoms with Gasteiger partial charge >= 0.3 is 46.1 Å². The number of aromatic carboxylic acids is 4. The summed E-state index contributed by atoms with van der Waals surface area (Å²) in [6, 6.07) is 4.67. The third-order valence-corrected chi connectivity index (χ3v) is 4.28. The number of rotatable bonds is 4. The summed E-state index contributed by atoms with van der Waals surface area (Å²) in [4.78, 5) is 42.2. The van der Waals surface area contributed by atoms with Gasteiger partial charge in [-0.1, -0.05) is 46.4 Å². The van der Waals surface area contributed by atoms with E-state index in [1.165, 1.54) is 24.3 Å². The van der Waals surface area contributed by atoms with Gasteiger partial charge in [-0.05, 0) is 24.3 Å². The molecule has 0 unspecified atom stereocenters. The first kappa shape index (κ1) is 31.2. The number of carbonyl (C=O) groups is 4. The Bertz CT molecular complexity index is 840. The van der Waals surface area contributed by atoms with Crippen molar-refractivity contribution in [2.75, 3.05) is 0 Å². The summed E-state index contributed by atoms with van der Waals surface area (Å²) in [5.41, 5.74) is -2.67. The average molecular weight is 515 g/mol. The molecule has 2 aromatic rings. The van der Waals surface area contributed by atoms with Crippen LogP contribution in [0.2, 0.25) is 20.1 Å². The van der Waals surface area contributed by atoms with E-state index < -0.39 is 46.1 Å². The Morgan fingerprint density at radius 2 is 0.600 bits per heavy atom. The van der Waals surface area contributed by atoms with E-state index in [2.05, 4.69) is 0 Å². The summed E-state index contributed by atoms with van der Waals surface area (Å²) in [5, 5.41) is 41.2. The fourth-order valence-corrected chi connectivity index (χ4v) is 2.84. The standard InChI is InChI=1S/2C8H4Cl2O4.2Mg/c2*9-3-1-2-4(10)6(8(13)14)5(3)7(11)12;;/h2*1-2H,(H,11,12)(H,13,14);;/q;;2*+2/p-4. The minimum atomic E-state index is -1.71. The molecule has 0 saturated carbocycles. The number of hydrogen-bond acceptors (Lipinski definition) is 8. The van der Waals surface area contributed by atoms with Crippen LogP contribution < -0.4 is 20.4 Å². The number of benzene rings is 2. The number of carboxylic acids is 4. The summed E-state index contributed by atoms with van der Waals surface area (Å²) in [6.07, 6.45) is 0. The average Bonchev–Trinajstić information content (AvgIpc) is 2.57. The molecule has 0 amide bonds. The number of carbonyl (C=O) groups excluding carboxylic acids is 4. The van der Waals surface area contributed by atoms with Gasteiger partial charge in [0.1, 0.15) is 0 Å². The third kappa shape index (κ3) is 7.61. The second kappa shape index (κ2) is 13.4. The predicted molar refractivity (Wildman–Crippen MR) is 102 cm³/mol. The van der Waals surface area contributed by atoms with Crippen molar-refractivity contribution in [1.29, 1.82) is 0 Å². The van der Waals surface area contributed by atoms with Crippen molar-refractivity contribution in [2.24, 2.45) is 0 Å². The van der Waals surface area contributed by atoms with Gasteiger partial charge in [0.2, 0.25) is 0 Å². The molecule has 2 rings (SSSR count). The first-order valence-corrected chi connectivity index (χ1v) is 8.22. The zero-order chi connectivity index (χ0) is 21.8. The van der Waals surface area contributed by atoms with E-state index in [0.29, 0.717) is 0 Å². The molecule has 0 aliphatic carbocycles. The summed E-state index contributed by atoms with van der Waals surface area (Å²) >= 11 is 21.9. The first-order chi connectivity index (χ1) is 12.9. The summed E-state index contributed by atoms with van der Waals surface area (Å²) in [7, 11) is 0. The molecule has 0 aliphatic rings. The smallest absolute Gasteiger partial charge is 0.545 e. The molecule has 0 bridgehead atoms. The molecular formula is C16H4Cl4Mg2O8. The first-order valence-electron chi connectivity index (χ1n) is 6.71. The summed E-state index contributed by atoms with van der Waals surface area (Å²) in [5.74, 6) is -6.85. The Hall–Kier alpha value is -0.988. The van der Waals surface area contributed by atoms with Crippen molar-refractivity contribution in [1.82, 2.24) is 0 Å². The van der Waals surface area contributed by atoms with Gasteiger partial charge in [-0.25, -0.2) is 0 Å². The van der Waals surface area contributed by atoms with E-state index >= 15 is 0 Å². The van der Waals surface area contributed by atoms with Crippen molar-refractivity contribution >= 4 is 116 Å². The predicted octanol–water partition coefficient (Wildman–Crippen LogP) is -1.32. The molecule has 8 nitrogen and oxygen atoms in total. The van der Waals surface area contributed by atoms with Gasteiger partial charge in [0, 0.05) is 22.3 Å². The van der Waals surface area contributed by atoms with Crippen LogP contribution in [0.1, 0.15) is 41.4 Å². The van der Waals surface area contributed by atoms with Gasteiger partial charge in [-0.2, -0.15) is 0 Å². The molecule has 0 atom stereocenters. The SMILES string of the molecule is O=C([O-])c1c(Cl)ccc(Cl)c1C(=O)[O-].O=C([O-])c1c(Cl)ccc(Cl)c1C(=O)[O-].[Mg+2].[Mg+2]. The molecule has 0 aliphatic heterocycles. The normalized spacial score (nSPS) is 9.20. The molecule has 0 saturated heterocycles. The van der Waals surface area contributed by atoms with Crippen molar-refractivity contribution in [3.05, 3.63) is 66.6 Å². The van der Waals surface area contributed by atoms with Gasteiger partial charge in [0.15, 0.2) is 0 Å². The topological polar surface area (TPSA) is 161 Å². The number of hydrogen-bond donors (Lipinski definition) is 0. The quantitative estimate of drug-likeness (QED) is 0.454. The number of carboxylic acid groups (broad SMARTS) is 4. The van der Waals surface area contributed by atoms with E-state index in [0.717, 1.165) is 0 Å². The Kier molecular flexibility index (Phi) is 14.0. The largest absolute Gasteiger partial charge is 2.00 e. The molecule has 0 fully saturated rings. The second-order valence-electron chi connectivity index (χ2n) is 4.71. The third-order valence-electron chi connectivity index (χ3n) is 3.02. The molecule has 0 N–H and O–H groups in total. The monoisotopic (exact) mass is 512 g/mol. The van der Waals surface area contributed by atoms with Crippen LogP contribution in [-0.4, -0.2) is 70.0 Å². The Morgan fingerprint density at radius 3 is 0.700 bits per heavy atom. The van der Waals surface area contributed by atoms with Crippen LogP contribution in [0.4, 0.5) is 0 Å². The molecular weight excluding hydrogens is 511 g/mol. The Morgan fingerprint density at radius 1 is 0.467 bits per heavy atom. The van der Waals surface area contributed by atoms with Gasteiger partial charge in [-0.15, -0.1) is 0 Å². The van der Waals surface area contributed by atoms with E-state index in [-0.39, 0.29) is 66.2 Å². The maximum atomic E-state index is 10.6. The molecule has 0 aromatic heterocycles. The molecule has 2 aromatic carbocycles. The van der Waals surface area contributed by atoms with Crippen molar-refractivity contribution in [2.45, 2.75) is 0 Å². The van der Waals surface area contributed by atoms with Crippen LogP contribution in [0, 0.1) is 0 Å². The Balaban J connectivity index is 0. The zero-order valence-corrected chi connectivity index (χ0v) is 20.4. The molecule has 148 valence electrons. The van der Waals surface area contributed by atoms with Crippen LogP contribution in [0.3, 0.4) is 0 Å². The van der Waals surface area contributed by atoms with Crippen molar-refractivity contribution < 1.29 is 39.6 Å². The molecule has 0 heterocycles. The molecule has 0 radical (unpaired) electrons. The second-order valence-corrected chi connectivity index (χ2v) is 6.34. The van der Waals surface area contributed by atoms with E-state index in [1.807, 2.05) is 0 Å². The molecule has 14 heteroatoms. The molecule has 30 heavy (non-hydrogen) atoms.